The normalized spacial score (nSPS) is 46.5. The largest absolute Gasteiger partial charge is 0.285 e. The zero-order valence-corrected chi connectivity index (χ0v) is 14.7. The fraction of sp³-hybridized carbons (Fsp3) is 0.611. The van der Waals surface area contributed by atoms with Crippen molar-refractivity contribution in [2.75, 3.05) is 14.1 Å². The average Bonchev–Trinajstić information content (AvgIpc) is 3.22. The molecule has 5 heterocycles. The first-order valence-electron chi connectivity index (χ1n) is 8.77. The third kappa shape index (κ3) is 1.32. The summed E-state index contributed by atoms with van der Waals surface area (Å²) in [4.78, 5) is 55.5. The summed E-state index contributed by atoms with van der Waals surface area (Å²) in [6, 6.07) is 1.52. The molecule has 0 bridgehead atoms. The molecule has 26 heavy (non-hydrogen) atoms. The van der Waals surface area contributed by atoms with E-state index in [4.69, 9.17) is 0 Å². The Kier molecular flexibility index (Phi) is 2.66. The van der Waals surface area contributed by atoms with Gasteiger partial charge in [0.25, 0.3) is 0 Å². The molecule has 4 saturated heterocycles. The quantitative estimate of drug-likeness (QED) is 0.414. The molecular formula is C18H18N4O4. The molecule has 5 rings (SSSR count). The summed E-state index contributed by atoms with van der Waals surface area (Å²) in [6.45, 7) is 1.93. The molecule has 0 N–H and O–H groups in total. The molecule has 8 nitrogen and oxygen atoms in total. The van der Waals surface area contributed by atoms with E-state index >= 15 is 0 Å². The Morgan fingerprint density at radius 2 is 1.54 bits per heavy atom. The number of nitrogens with zero attached hydrogens (tertiary/aromatic N) is 4. The summed E-state index contributed by atoms with van der Waals surface area (Å²) >= 11 is 0. The number of carbonyl (C=O) groups excluding carboxylic acids is 4. The highest BCUT2D eigenvalue weighted by molar-refractivity contribution is 6.11. The first-order chi connectivity index (χ1) is 12.3. The molecule has 134 valence electrons. The van der Waals surface area contributed by atoms with Crippen LogP contribution in [0.3, 0.4) is 0 Å². The number of carbonyl (C=O) groups is 4. The zero-order chi connectivity index (χ0) is 18.7. The minimum Gasteiger partial charge on any atom is -0.285 e. The van der Waals surface area contributed by atoms with E-state index in [0.29, 0.717) is 6.42 Å². The highest BCUT2D eigenvalue weighted by Gasteiger charge is 2.81. The Morgan fingerprint density at radius 3 is 2.12 bits per heavy atom. The van der Waals surface area contributed by atoms with Crippen LogP contribution in [0.15, 0.2) is 11.6 Å². The molecule has 4 fully saturated rings. The molecule has 0 aromatic heterocycles. The van der Waals surface area contributed by atoms with Gasteiger partial charge in [-0.3, -0.25) is 33.9 Å². The Balaban J connectivity index is 1.81. The van der Waals surface area contributed by atoms with Crippen LogP contribution in [0.2, 0.25) is 0 Å². The molecule has 0 aliphatic carbocycles. The zero-order valence-electron chi connectivity index (χ0n) is 14.7. The average molecular weight is 354 g/mol. The number of rotatable bonds is 0. The first kappa shape index (κ1) is 15.7. The van der Waals surface area contributed by atoms with Crippen LogP contribution in [-0.4, -0.2) is 70.0 Å². The summed E-state index contributed by atoms with van der Waals surface area (Å²) in [6.07, 6.45) is 2.50. The predicted octanol–water partition coefficient (Wildman–Crippen LogP) is -0.873. The second kappa shape index (κ2) is 4.41. The molecule has 0 aromatic rings. The number of imide groups is 2. The summed E-state index contributed by atoms with van der Waals surface area (Å²) in [7, 11) is 2.86. The lowest BCUT2D eigenvalue weighted by molar-refractivity contribution is -0.141. The SMILES string of the molecule is CC1=C[C@@H]2[C@@H]3C(=O)N(C)C(=O)[C@@H]3[C@]3(C#N)[C@@H]4C(=O)N(C)C(=O)[C@@H]4[C@H](C1)N23. The van der Waals surface area contributed by atoms with E-state index in [1.165, 1.54) is 14.1 Å². The van der Waals surface area contributed by atoms with Gasteiger partial charge in [-0.1, -0.05) is 11.6 Å². The summed E-state index contributed by atoms with van der Waals surface area (Å²) in [5, 5.41) is 10.2. The number of likely N-dealkylation sites (tertiary alicyclic amines) is 2. The van der Waals surface area contributed by atoms with Gasteiger partial charge < -0.3 is 0 Å². The Morgan fingerprint density at radius 1 is 1.00 bits per heavy atom. The van der Waals surface area contributed by atoms with Gasteiger partial charge in [0, 0.05) is 26.2 Å². The molecule has 0 saturated carbocycles. The molecule has 5 aliphatic heterocycles. The van der Waals surface area contributed by atoms with Gasteiger partial charge in [0.1, 0.15) is 5.54 Å². The van der Waals surface area contributed by atoms with E-state index in [1.54, 1.807) is 0 Å². The van der Waals surface area contributed by atoms with E-state index in [0.717, 1.165) is 15.4 Å². The molecule has 5 aliphatic rings. The summed E-state index contributed by atoms with van der Waals surface area (Å²) in [5.41, 5.74) is -0.411. The standard InChI is InChI=1S/C18H18N4O4/c1-7-4-8-10-12(16(25)20(2)14(10)23)18(6-19)13-11(9(5-7)22(8)18)15(24)21(3)17(13)26/h4,8-13H,5H2,1-3H3/t8-,9+,10+,11-,12-,13+,18-/m1/s1. The van der Waals surface area contributed by atoms with Gasteiger partial charge in [0.05, 0.1) is 29.7 Å². The molecule has 0 radical (unpaired) electrons. The lowest BCUT2D eigenvalue weighted by Gasteiger charge is -2.40. The van der Waals surface area contributed by atoms with Gasteiger partial charge in [-0.25, -0.2) is 0 Å². The van der Waals surface area contributed by atoms with Gasteiger partial charge in [0.2, 0.25) is 23.6 Å². The Hall–Kier alpha value is -2.53. The van der Waals surface area contributed by atoms with Gasteiger partial charge >= 0.3 is 0 Å². The highest BCUT2D eigenvalue weighted by atomic mass is 16.2. The van der Waals surface area contributed by atoms with Crippen LogP contribution in [-0.2, 0) is 19.2 Å². The fourth-order valence-corrected chi connectivity index (χ4v) is 6.23. The number of amides is 4. The first-order valence-corrected chi connectivity index (χ1v) is 8.77. The number of hydrogen-bond donors (Lipinski definition) is 0. The molecule has 8 heteroatoms. The van der Waals surface area contributed by atoms with Crippen molar-refractivity contribution in [2.24, 2.45) is 23.7 Å². The van der Waals surface area contributed by atoms with Crippen molar-refractivity contribution >= 4 is 23.6 Å². The Labute approximate surface area is 150 Å². The molecular weight excluding hydrogens is 336 g/mol. The van der Waals surface area contributed by atoms with Crippen LogP contribution >= 0.6 is 0 Å². The van der Waals surface area contributed by atoms with E-state index in [-0.39, 0.29) is 17.9 Å². The van der Waals surface area contributed by atoms with Crippen molar-refractivity contribution in [1.82, 2.24) is 14.7 Å². The highest BCUT2D eigenvalue weighted by Crippen LogP contribution is 2.63. The minimum absolute atomic E-state index is 0.288. The van der Waals surface area contributed by atoms with Crippen LogP contribution in [0.4, 0.5) is 0 Å². The van der Waals surface area contributed by atoms with Gasteiger partial charge in [-0.2, -0.15) is 5.26 Å². The van der Waals surface area contributed by atoms with Crippen molar-refractivity contribution in [1.29, 1.82) is 5.26 Å². The number of hydrogen-bond acceptors (Lipinski definition) is 6. The molecule has 7 atom stereocenters. The lowest BCUT2D eigenvalue weighted by Crippen LogP contribution is -2.56. The number of nitriles is 1. The molecule has 0 unspecified atom stereocenters. The van der Waals surface area contributed by atoms with Crippen LogP contribution in [0.25, 0.3) is 0 Å². The van der Waals surface area contributed by atoms with Crippen molar-refractivity contribution in [2.45, 2.75) is 31.0 Å². The van der Waals surface area contributed by atoms with Crippen LogP contribution in [0, 0.1) is 35.0 Å². The van der Waals surface area contributed by atoms with Crippen molar-refractivity contribution in [3.8, 4) is 6.07 Å². The maximum atomic E-state index is 12.9. The summed E-state index contributed by atoms with van der Waals surface area (Å²) in [5.74, 6) is -4.52. The van der Waals surface area contributed by atoms with E-state index in [2.05, 4.69) is 6.07 Å². The minimum atomic E-state index is -1.43. The maximum absolute atomic E-state index is 12.9. The second-order valence-electron chi connectivity index (χ2n) is 8.10. The van der Waals surface area contributed by atoms with Gasteiger partial charge in [-0.05, 0) is 13.3 Å². The molecule has 0 spiro atoms. The third-order valence-corrected chi connectivity index (χ3v) is 7.14. The second-order valence-corrected chi connectivity index (χ2v) is 8.10. The fourth-order valence-electron chi connectivity index (χ4n) is 6.23. The molecule has 4 amide bonds. The Bertz CT molecular complexity index is 888. The topological polar surface area (TPSA) is 102 Å². The van der Waals surface area contributed by atoms with Crippen LogP contribution < -0.4 is 0 Å². The van der Waals surface area contributed by atoms with Crippen molar-refractivity contribution < 1.29 is 19.2 Å². The maximum Gasteiger partial charge on any atom is 0.235 e. The van der Waals surface area contributed by atoms with Crippen molar-refractivity contribution in [3.05, 3.63) is 11.6 Å². The van der Waals surface area contributed by atoms with E-state index in [1.807, 2.05) is 17.9 Å². The molecule has 0 aromatic carbocycles. The monoisotopic (exact) mass is 354 g/mol. The smallest absolute Gasteiger partial charge is 0.235 e. The predicted molar refractivity (Wildman–Crippen MR) is 85.6 cm³/mol. The van der Waals surface area contributed by atoms with Gasteiger partial charge in [0.15, 0.2) is 0 Å². The van der Waals surface area contributed by atoms with Crippen molar-refractivity contribution in [3.63, 3.8) is 0 Å². The van der Waals surface area contributed by atoms with Gasteiger partial charge in [-0.15, -0.1) is 0 Å². The third-order valence-electron chi connectivity index (χ3n) is 7.14. The number of fused-ring (bicyclic) bond motifs is 6. The summed E-state index contributed by atoms with van der Waals surface area (Å²) < 4.78 is 0. The van der Waals surface area contributed by atoms with E-state index in [9.17, 15) is 24.4 Å². The van der Waals surface area contributed by atoms with E-state index < -0.39 is 47.1 Å². The van der Waals surface area contributed by atoms with Crippen LogP contribution in [0.5, 0.6) is 0 Å². The van der Waals surface area contributed by atoms with Crippen LogP contribution in [0.1, 0.15) is 13.3 Å². The lowest BCUT2D eigenvalue weighted by atomic mass is 9.70.